The molecule has 0 saturated carbocycles. The van der Waals surface area contributed by atoms with Crippen molar-refractivity contribution in [3.63, 3.8) is 0 Å². The van der Waals surface area contributed by atoms with Gasteiger partial charge in [0, 0.05) is 0 Å². The quantitative estimate of drug-likeness (QED) is 0.833. The first-order valence-electron chi connectivity index (χ1n) is 8.81. The Morgan fingerprint density at radius 2 is 1.84 bits per heavy atom. The van der Waals surface area contributed by atoms with E-state index in [9.17, 15) is 0 Å². The number of hydrogen-bond donors (Lipinski definition) is 0. The first-order valence-corrected chi connectivity index (χ1v) is 8.81. The number of hydrogen-bond acceptors (Lipinski definition) is 6. The molecule has 7 nitrogen and oxygen atoms in total. The van der Waals surface area contributed by atoms with E-state index < -0.39 is 5.79 Å². The lowest BCUT2D eigenvalue weighted by Crippen LogP contribution is -2.32. The van der Waals surface area contributed by atoms with Crippen LogP contribution in [0.4, 0.5) is 0 Å². The molecule has 0 aromatic carbocycles. The SMILES string of the molecule is Cc1ncc2ncc([C@@H]3O[C@H](CC(C)(C)C)[C@H]4OC(C)(C)O[C@H]43)n2n1. The van der Waals surface area contributed by atoms with Crippen LogP contribution < -0.4 is 0 Å². The molecule has 2 aliphatic rings. The van der Waals surface area contributed by atoms with Crippen LogP contribution in [0.2, 0.25) is 0 Å². The van der Waals surface area contributed by atoms with Gasteiger partial charge in [0.05, 0.1) is 24.2 Å². The fourth-order valence-corrected chi connectivity index (χ4v) is 3.77. The van der Waals surface area contributed by atoms with Crippen LogP contribution in [0.5, 0.6) is 0 Å². The zero-order chi connectivity index (χ0) is 18.0. The first-order chi connectivity index (χ1) is 11.6. The van der Waals surface area contributed by atoms with E-state index >= 15 is 0 Å². The number of aryl methyl sites for hydroxylation is 1. The third-order valence-corrected chi connectivity index (χ3v) is 4.66. The molecule has 4 heterocycles. The van der Waals surface area contributed by atoms with E-state index in [-0.39, 0.29) is 29.8 Å². The van der Waals surface area contributed by atoms with Crippen molar-refractivity contribution in [3.05, 3.63) is 23.9 Å². The average molecular weight is 346 g/mol. The normalized spacial score (nSPS) is 31.6. The van der Waals surface area contributed by atoms with Crippen LogP contribution in [0.3, 0.4) is 0 Å². The molecular formula is C18H26N4O3. The predicted molar refractivity (Wildman–Crippen MR) is 91.0 cm³/mol. The molecule has 2 fully saturated rings. The maximum absolute atomic E-state index is 6.42. The molecule has 0 N–H and O–H groups in total. The molecule has 0 spiro atoms. The molecule has 2 aromatic heterocycles. The highest BCUT2D eigenvalue weighted by Gasteiger charge is 2.56. The second kappa shape index (κ2) is 5.46. The standard InChI is InChI=1S/C18H26N4O3/c1-10-19-9-13-20-8-11(22(13)21-10)14-16-15(24-18(5,6)25-16)12(23-14)7-17(2,3)4/h8-9,12,14-16H,7H2,1-6H3/t12-,14+,15-,16+/m1/s1. The first kappa shape index (κ1) is 16.9. The van der Waals surface area contributed by atoms with Crippen molar-refractivity contribution >= 4 is 5.65 Å². The lowest BCUT2D eigenvalue weighted by Gasteiger charge is -2.28. The molecule has 0 radical (unpaired) electrons. The highest BCUT2D eigenvalue weighted by atomic mass is 16.8. The molecule has 2 aliphatic heterocycles. The van der Waals surface area contributed by atoms with Crippen molar-refractivity contribution in [1.82, 2.24) is 19.6 Å². The van der Waals surface area contributed by atoms with Crippen LogP contribution in [0.25, 0.3) is 5.65 Å². The van der Waals surface area contributed by atoms with E-state index in [0.29, 0.717) is 11.5 Å². The van der Waals surface area contributed by atoms with Gasteiger partial charge in [-0.05, 0) is 32.6 Å². The maximum Gasteiger partial charge on any atom is 0.172 e. The summed E-state index contributed by atoms with van der Waals surface area (Å²) in [5, 5.41) is 4.50. The van der Waals surface area contributed by atoms with Crippen molar-refractivity contribution < 1.29 is 14.2 Å². The number of rotatable bonds is 2. The molecule has 0 aliphatic carbocycles. The molecule has 136 valence electrons. The molecular weight excluding hydrogens is 320 g/mol. The Morgan fingerprint density at radius 1 is 1.12 bits per heavy atom. The topological polar surface area (TPSA) is 70.8 Å². The average Bonchev–Trinajstić information content (AvgIpc) is 3.10. The Bertz CT molecular complexity index is 795. The summed E-state index contributed by atoms with van der Waals surface area (Å²) in [5.41, 5.74) is 1.73. The third-order valence-electron chi connectivity index (χ3n) is 4.66. The summed E-state index contributed by atoms with van der Waals surface area (Å²) >= 11 is 0. The lowest BCUT2D eigenvalue weighted by molar-refractivity contribution is -0.190. The largest absolute Gasteiger partial charge is 0.363 e. The van der Waals surface area contributed by atoms with Crippen LogP contribution in [0, 0.1) is 12.3 Å². The number of nitrogens with zero attached hydrogens (tertiary/aromatic N) is 4. The molecule has 2 aromatic rings. The van der Waals surface area contributed by atoms with E-state index in [1.807, 2.05) is 20.8 Å². The Morgan fingerprint density at radius 3 is 2.56 bits per heavy atom. The van der Waals surface area contributed by atoms with Gasteiger partial charge in [-0.3, -0.25) is 0 Å². The van der Waals surface area contributed by atoms with Gasteiger partial charge in [-0.1, -0.05) is 20.8 Å². The van der Waals surface area contributed by atoms with Crippen molar-refractivity contribution in [2.75, 3.05) is 0 Å². The van der Waals surface area contributed by atoms with Crippen LogP contribution in [0.1, 0.15) is 58.7 Å². The lowest BCUT2D eigenvalue weighted by atomic mass is 9.87. The predicted octanol–water partition coefficient (Wildman–Crippen LogP) is 2.83. The second-order valence-electron chi connectivity index (χ2n) is 8.68. The van der Waals surface area contributed by atoms with E-state index in [2.05, 4.69) is 35.8 Å². The van der Waals surface area contributed by atoms with E-state index in [4.69, 9.17) is 14.2 Å². The van der Waals surface area contributed by atoms with Gasteiger partial charge in [0.25, 0.3) is 0 Å². The van der Waals surface area contributed by atoms with Gasteiger partial charge < -0.3 is 14.2 Å². The second-order valence-corrected chi connectivity index (χ2v) is 8.68. The molecule has 4 rings (SSSR count). The van der Waals surface area contributed by atoms with Gasteiger partial charge in [-0.25, -0.2) is 14.5 Å². The summed E-state index contributed by atoms with van der Waals surface area (Å²) < 4.78 is 20.6. The summed E-state index contributed by atoms with van der Waals surface area (Å²) in [7, 11) is 0. The minimum Gasteiger partial charge on any atom is -0.363 e. The fraction of sp³-hybridized carbons (Fsp3) is 0.722. The van der Waals surface area contributed by atoms with Crippen LogP contribution in [0.15, 0.2) is 12.4 Å². The summed E-state index contributed by atoms with van der Waals surface area (Å²) in [5.74, 6) is 0.0790. The molecule has 4 atom stereocenters. The molecule has 7 heteroatoms. The van der Waals surface area contributed by atoms with Gasteiger partial charge >= 0.3 is 0 Å². The minimum atomic E-state index is -0.612. The van der Waals surface area contributed by atoms with Crippen molar-refractivity contribution in [1.29, 1.82) is 0 Å². The Balaban J connectivity index is 1.72. The van der Waals surface area contributed by atoms with Gasteiger partial charge in [0.1, 0.15) is 24.1 Å². The van der Waals surface area contributed by atoms with Crippen LogP contribution in [-0.2, 0) is 14.2 Å². The van der Waals surface area contributed by atoms with E-state index in [0.717, 1.165) is 12.1 Å². The highest BCUT2D eigenvalue weighted by Crippen LogP contribution is 2.47. The van der Waals surface area contributed by atoms with Crippen LogP contribution in [-0.4, -0.2) is 43.7 Å². The summed E-state index contributed by atoms with van der Waals surface area (Å²) in [6.07, 6.45) is 3.88. The summed E-state index contributed by atoms with van der Waals surface area (Å²) in [6.45, 7) is 12.4. The Kier molecular flexibility index (Phi) is 3.69. The number of aromatic nitrogens is 4. The maximum atomic E-state index is 6.42. The molecule has 2 saturated heterocycles. The van der Waals surface area contributed by atoms with E-state index in [1.54, 1.807) is 16.9 Å². The van der Waals surface area contributed by atoms with Gasteiger partial charge in [-0.2, -0.15) is 5.10 Å². The fourth-order valence-electron chi connectivity index (χ4n) is 3.77. The number of fused-ring (bicyclic) bond motifs is 2. The molecule has 25 heavy (non-hydrogen) atoms. The highest BCUT2D eigenvalue weighted by molar-refractivity contribution is 5.36. The Labute approximate surface area is 147 Å². The summed E-state index contributed by atoms with van der Waals surface area (Å²) in [4.78, 5) is 8.63. The minimum absolute atomic E-state index is 0.0229. The van der Waals surface area contributed by atoms with Crippen molar-refractivity contribution in [3.8, 4) is 0 Å². The third kappa shape index (κ3) is 3.05. The van der Waals surface area contributed by atoms with Crippen LogP contribution >= 0.6 is 0 Å². The Hall–Kier alpha value is -1.57. The zero-order valence-corrected chi connectivity index (χ0v) is 15.7. The monoisotopic (exact) mass is 346 g/mol. The van der Waals surface area contributed by atoms with Gasteiger partial charge in [-0.15, -0.1) is 0 Å². The molecule has 0 bridgehead atoms. The smallest absolute Gasteiger partial charge is 0.172 e. The van der Waals surface area contributed by atoms with Crippen molar-refractivity contribution in [2.24, 2.45) is 5.41 Å². The molecule has 0 unspecified atom stereocenters. The van der Waals surface area contributed by atoms with Gasteiger partial charge in [0.15, 0.2) is 11.4 Å². The van der Waals surface area contributed by atoms with E-state index in [1.165, 1.54) is 0 Å². The summed E-state index contributed by atoms with van der Waals surface area (Å²) in [6, 6.07) is 0. The number of imidazole rings is 1. The number of ether oxygens (including phenoxy) is 3. The zero-order valence-electron chi connectivity index (χ0n) is 15.7. The van der Waals surface area contributed by atoms with Crippen molar-refractivity contribution in [2.45, 2.75) is 78.2 Å². The molecule has 0 amide bonds. The van der Waals surface area contributed by atoms with Gasteiger partial charge in [0.2, 0.25) is 0 Å².